The maximum Gasteiger partial charge on any atom is 0.238 e. The van der Waals surface area contributed by atoms with Crippen LogP contribution in [0.3, 0.4) is 0 Å². The molecule has 0 spiro atoms. The molecule has 1 aromatic carbocycles. The summed E-state index contributed by atoms with van der Waals surface area (Å²) in [6.45, 7) is 4.93. The number of hydrogen-bond donors (Lipinski definition) is 0. The van der Waals surface area contributed by atoms with Crippen molar-refractivity contribution in [3.63, 3.8) is 0 Å². The molecule has 0 unspecified atom stereocenters. The maximum atomic E-state index is 13.1. The average Bonchev–Trinajstić information content (AvgIpc) is 3.22. The van der Waals surface area contributed by atoms with Gasteiger partial charge in [0.25, 0.3) is 0 Å². The number of benzene rings is 1. The summed E-state index contributed by atoms with van der Waals surface area (Å²) < 4.78 is 36.3. The molecule has 31 heavy (non-hydrogen) atoms. The Bertz CT molecular complexity index is 943. The van der Waals surface area contributed by atoms with Crippen LogP contribution in [0.2, 0.25) is 0 Å². The zero-order valence-electron chi connectivity index (χ0n) is 18.8. The van der Waals surface area contributed by atoms with Gasteiger partial charge < -0.3 is 14.4 Å². The third-order valence-corrected chi connectivity index (χ3v) is 6.82. The van der Waals surface area contributed by atoms with Crippen LogP contribution >= 0.6 is 11.3 Å². The molecule has 1 amide bonds. The summed E-state index contributed by atoms with van der Waals surface area (Å²) in [5.74, 6) is 1.20. The number of methoxy groups -OCH3 is 2. The molecular formula is C22H32N2O5S2. The average molecular weight is 469 g/mol. The van der Waals surface area contributed by atoms with Crippen molar-refractivity contribution < 1.29 is 22.7 Å². The van der Waals surface area contributed by atoms with Gasteiger partial charge in [-0.05, 0) is 41.5 Å². The van der Waals surface area contributed by atoms with Crippen LogP contribution in [0.25, 0.3) is 0 Å². The topological polar surface area (TPSA) is 76.2 Å². The van der Waals surface area contributed by atoms with Gasteiger partial charge in [0.15, 0.2) is 11.5 Å². The van der Waals surface area contributed by atoms with Gasteiger partial charge in [-0.15, -0.1) is 11.3 Å². The van der Waals surface area contributed by atoms with E-state index in [1.54, 1.807) is 30.5 Å². The minimum Gasteiger partial charge on any atom is -0.493 e. The first-order chi connectivity index (χ1) is 14.6. The van der Waals surface area contributed by atoms with Crippen molar-refractivity contribution in [1.29, 1.82) is 0 Å². The zero-order chi connectivity index (χ0) is 23.0. The standard InChI is InChI=1S/C22H32N2O5S2/c1-17(2)14-24(31(5,26)27)16-22(25)23(15-19-7-6-12-30-19)11-10-18-8-9-20(28-3)21(13-18)29-4/h6-9,12-13,17H,10-11,14-16H2,1-5H3. The summed E-state index contributed by atoms with van der Waals surface area (Å²) in [6, 6.07) is 9.60. The molecule has 0 aliphatic rings. The van der Waals surface area contributed by atoms with Gasteiger partial charge in [-0.3, -0.25) is 4.79 Å². The molecule has 0 bridgehead atoms. The van der Waals surface area contributed by atoms with Crippen LogP contribution in [0.15, 0.2) is 35.7 Å². The quantitative estimate of drug-likeness (QED) is 0.478. The number of nitrogens with zero attached hydrogens (tertiary/aromatic N) is 2. The van der Waals surface area contributed by atoms with E-state index in [1.807, 2.05) is 49.6 Å². The fraction of sp³-hybridized carbons (Fsp3) is 0.500. The molecule has 0 aliphatic carbocycles. The Morgan fingerprint density at radius 1 is 1.13 bits per heavy atom. The van der Waals surface area contributed by atoms with E-state index in [-0.39, 0.29) is 18.4 Å². The Balaban J connectivity index is 2.17. The highest BCUT2D eigenvalue weighted by Crippen LogP contribution is 2.28. The van der Waals surface area contributed by atoms with E-state index in [1.165, 1.54) is 4.31 Å². The van der Waals surface area contributed by atoms with E-state index in [0.29, 0.717) is 37.6 Å². The molecule has 1 aromatic heterocycles. The second kappa shape index (κ2) is 11.5. The maximum absolute atomic E-state index is 13.1. The van der Waals surface area contributed by atoms with Gasteiger partial charge in [-0.2, -0.15) is 4.31 Å². The molecule has 2 rings (SSSR count). The van der Waals surface area contributed by atoms with Gasteiger partial charge in [0, 0.05) is 18.0 Å². The van der Waals surface area contributed by atoms with Crippen molar-refractivity contribution in [2.75, 3.05) is 40.1 Å². The van der Waals surface area contributed by atoms with Gasteiger partial charge >= 0.3 is 0 Å². The minimum atomic E-state index is -3.48. The van der Waals surface area contributed by atoms with Crippen LogP contribution in [0.4, 0.5) is 0 Å². The highest BCUT2D eigenvalue weighted by Gasteiger charge is 2.24. The summed E-state index contributed by atoms with van der Waals surface area (Å²) in [5, 5.41) is 1.97. The zero-order valence-corrected chi connectivity index (χ0v) is 20.5. The van der Waals surface area contributed by atoms with Gasteiger partial charge in [-0.25, -0.2) is 8.42 Å². The smallest absolute Gasteiger partial charge is 0.238 e. The SMILES string of the molecule is COc1ccc(CCN(Cc2cccs2)C(=O)CN(CC(C)C)S(C)(=O)=O)cc1OC. The van der Waals surface area contributed by atoms with E-state index >= 15 is 0 Å². The Morgan fingerprint density at radius 3 is 2.39 bits per heavy atom. The molecule has 0 aliphatic heterocycles. The first-order valence-corrected chi connectivity index (χ1v) is 12.8. The molecule has 2 aromatic rings. The predicted octanol–water partition coefficient (Wildman–Crippen LogP) is 3.25. The summed E-state index contributed by atoms with van der Waals surface area (Å²) >= 11 is 1.57. The Kier molecular flexibility index (Phi) is 9.33. The lowest BCUT2D eigenvalue weighted by Gasteiger charge is -2.27. The number of amides is 1. The first-order valence-electron chi connectivity index (χ1n) is 10.1. The van der Waals surface area contributed by atoms with Gasteiger partial charge in [0.2, 0.25) is 15.9 Å². The highest BCUT2D eigenvalue weighted by molar-refractivity contribution is 7.88. The lowest BCUT2D eigenvalue weighted by atomic mass is 10.1. The van der Waals surface area contributed by atoms with Crippen LogP contribution in [0.1, 0.15) is 24.3 Å². The van der Waals surface area contributed by atoms with Crippen LogP contribution in [-0.2, 0) is 27.8 Å². The van der Waals surface area contributed by atoms with Crippen LogP contribution in [0.5, 0.6) is 11.5 Å². The summed E-state index contributed by atoms with van der Waals surface area (Å²) in [4.78, 5) is 15.9. The van der Waals surface area contributed by atoms with Gasteiger partial charge in [0.1, 0.15) is 0 Å². The molecule has 0 radical (unpaired) electrons. The summed E-state index contributed by atoms with van der Waals surface area (Å²) in [6.07, 6.45) is 1.76. The fourth-order valence-corrected chi connectivity index (χ4v) is 4.79. The number of ether oxygens (including phenoxy) is 2. The van der Waals surface area contributed by atoms with E-state index in [9.17, 15) is 13.2 Å². The normalized spacial score (nSPS) is 11.7. The van der Waals surface area contributed by atoms with Crippen molar-refractivity contribution >= 4 is 27.3 Å². The van der Waals surface area contributed by atoms with Gasteiger partial charge in [0.05, 0.1) is 33.6 Å². The molecule has 0 saturated carbocycles. The number of thiophene rings is 1. The van der Waals surface area contributed by atoms with Crippen LogP contribution in [-0.4, -0.2) is 63.6 Å². The number of rotatable bonds is 12. The molecule has 1 heterocycles. The van der Waals surface area contributed by atoms with E-state index < -0.39 is 10.0 Å². The molecule has 7 nitrogen and oxygen atoms in total. The molecule has 0 atom stereocenters. The largest absolute Gasteiger partial charge is 0.493 e. The van der Waals surface area contributed by atoms with Crippen LogP contribution < -0.4 is 9.47 Å². The number of sulfonamides is 1. The van der Waals surface area contributed by atoms with Crippen molar-refractivity contribution in [1.82, 2.24) is 9.21 Å². The molecular weight excluding hydrogens is 436 g/mol. The molecule has 172 valence electrons. The Labute approximate surface area is 189 Å². The van der Waals surface area contributed by atoms with Crippen molar-refractivity contribution in [2.45, 2.75) is 26.8 Å². The lowest BCUT2D eigenvalue weighted by molar-refractivity contribution is -0.132. The molecule has 9 heteroatoms. The first kappa shape index (κ1) is 25.2. The second-order valence-corrected chi connectivity index (χ2v) is 10.8. The van der Waals surface area contributed by atoms with Gasteiger partial charge in [-0.1, -0.05) is 26.0 Å². The lowest BCUT2D eigenvalue weighted by Crippen LogP contribution is -2.44. The van der Waals surface area contributed by atoms with Crippen molar-refractivity contribution in [3.8, 4) is 11.5 Å². The molecule has 0 N–H and O–H groups in total. The number of hydrogen-bond acceptors (Lipinski definition) is 6. The number of carbonyl (C=O) groups excluding carboxylic acids is 1. The van der Waals surface area contributed by atoms with E-state index in [4.69, 9.17) is 9.47 Å². The van der Waals surface area contributed by atoms with E-state index in [0.717, 1.165) is 16.7 Å². The second-order valence-electron chi connectivity index (χ2n) is 7.78. The van der Waals surface area contributed by atoms with E-state index in [2.05, 4.69) is 0 Å². The molecule has 0 fully saturated rings. The van der Waals surface area contributed by atoms with Crippen LogP contribution in [0, 0.1) is 5.92 Å². The van der Waals surface area contributed by atoms with Crippen molar-refractivity contribution in [3.05, 3.63) is 46.2 Å². The Morgan fingerprint density at radius 2 is 1.84 bits per heavy atom. The predicted molar refractivity (Wildman–Crippen MR) is 124 cm³/mol. The monoisotopic (exact) mass is 468 g/mol. The third kappa shape index (κ3) is 7.83. The summed E-state index contributed by atoms with van der Waals surface area (Å²) in [5.41, 5.74) is 1.00. The number of carbonyl (C=O) groups is 1. The van der Waals surface area contributed by atoms with Crippen molar-refractivity contribution in [2.24, 2.45) is 5.92 Å². The molecule has 0 saturated heterocycles. The minimum absolute atomic E-state index is 0.125. The highest BCUT2D eigenvalue weighted by atomic mass is 32.2. The summed E-state index contributed by atoms with van der Waals surface area (Å²) in [7, 11) is -0.303. The third-order valence-electron chi connectivity index (χ3n) is 4.75. The Hall–Kier alpha value is -2.10. The fourth-order valence-electron chi connectivity index (χ4n) is 3.16.